The van der Waals surface area contributed by atoms with Gasteiger partial charge in [-0.2, -0.15) is 0 Å². The number of hydrogen-bond acceptors (Lipinski definition) is 1. The number of halogens is 1. The first-order valence-corrected chi connectivity index (χ1v) is 5.26. The van der Waals surface area contributed by atoms with Crippen LogP contribution < -0.4 is 5.73 Å². The van der Waals surface area contributed by atoms with Crippen LogP contribution in [0, 0.1) is 11.2 Å². The van der Waals surface area contributed by atoms with Gasteiger partial charge in [-0.15, -0.1) is 0 Å². The zero-order valence-corrected chi connectivity index (χ0v) is 8.09. The Kier molecular flexibility index (Phi) is 1.55. The summed E-state index contributed by atoms with van der Waals surface area (Å²) in [6, 6.07) is 5.37. The van der Waals surface area contributed by atoms with Crippen LogP contribution in [0.5, 0.6) is 0 Å². The standard InChI is InChI=1S/C12H14FN/c13-10-3-1-2-9-8(10)4-5-12(6-7-12)11(9)14/h1-3,11H,4-7,14H2. The maximum atomic E-state index is 13.5. The molecule has 14 heavy (non-hydrogen) atoms. The first-order valence-electron chi connectivity index (χ1n) is 5.26. The van der Waals surface area contributed by atoms with Crippen molar-refractivity contribution in [3.05, 3.63) is 35.1 Å². The fraction of sp³-hybridized carbons (Fsp3) is 0.500. The van der Waals surface area contributed by atoms with Crippen molar-refractivity contribution in [2.45, 2.75) is 31.7 Å². The van der Waals surface area contributed by atoms with E-state index in [1.54, 1.807) is 6.07 Å². The van der Waals surface area contributed by atoms with Gasteiger partial charge in [0.2, 0.25) is 0 Å². The molecule has 1 spiro atoms. The van der Waals surface area contributed by atoms with E-state index < -0.39 is 0 Å². The van der Waals surface area contributed by atoms with Crippen LogP contribution in [0.3, 0.4) is 0 Å². The van der Waals surface area contributed by atoms with Crippen molar-refractivity contribution in [3.8, 4) is 0 Å². The van der Waals surface area contributed by atoms with E-state index >= 15 is 0 Å². The van der Waals surface area contributed by atoms with E-state index in [0.717, 1.165) is 24.0 Å². The second-order valence-electron chi connectivity index (χ2n) is 4.65. The summed E-state index contributed by atoms with van der Waals surface area (Å²) in [5.41, 5.74) is 8.43. The predicted octanol–water partition coefficient (Wildman–Crippen LogP) is 2.55. The van der Waals surface area contributed by atoms with Gasteiger partial charge in [0.15, 0.2) is 0 Å². The molecule has 1 aromatic rings. The van der Waals surface area contributed by atoms with Crippen molar-refractivity contribution in [3.63, 3.8) is 0 Å². The second-order valence-corrected chi connectivity index (χ2v) is 4.65. The molecule has 2 heteroatoms. The van der Waals surface area contributed by atoms with E-state index in [1.807, 2.05) is 6.07 Å². The van der Waals surface area contributed by atoms with Crippen LogP contribution in [0.25, 0.3) is 0 Å². The van der Waals surface area contributed by atoms with Crippen molar-refractivity contribution in [2.24, 2.45) is 11.1 Å². The quantitative estimate of drug-likeness (QED) is 0.670. The van der Waals surface area contributed by atoms with Gasteiger partial charge in [0.1, 0.15) is 5.82 Å². The van der Waals surface area contributed by atoms with Gasteiger partial charge in [-0.3, -0.25) is 0 Å². The minimum Gasteiger partial charge on any atom is -0.323 e. The Hall–Kier alpha value is -0.890. The molecule has 0 radical (unpaired) electrons. The van der Waals surface area contributed by atoms with E-state index in [9.17, 15) is 4.39 Å². The predicted molar refractivity (Wildman–Crippen MR) is 53.3 cm³/mol. The molecule has 0 amide bonds. The summed E-state index contributed by atoms with van der Waals surface area (Å²) in [7, 11) is 0. The molecule has 74 valence electrons. The molecule has 0 aromatic heterocycles. The van der Waals surface area contributed by atoms with E-state index in [4.69, 9.17) is 5.73 Å². The van der Waals surface area contributed by atoms with Crippen molar-refractivity contribution < 1.29 is 4.39 Å². The normalized spacial score (nSPS) is 27.4. The van der Waals surface area contributed by atoms with Crippen molar-refractivity contribution in [1.29, 1.82) is 0 Å². The third-order valence-corrected chi connectivity index (χ3v) is 3.92. The average Bonchev–Trinajstić information content (AvgIpc) is 2.94. The van der Waals surface area contributed by atoms with Crippen LogP contribution in [0.4, 0.5) is 4.39 Å². The summed E-state index contributed by atoms with van der Waals surface area (Å²) in [5.74, 6) is -0.0755. The summed E-state index contributed by atoms with van der Waals surface area (Å²) >= 11 is 0. The van der Waals surface area contributed by atoms with Gasteiger partial charge in [0.05, 0.1) is 0 Å². The Morgan fingerprint density at radius 3 is 2.79 bits per heavy atom. The molecule has 0 saturated heterocycles. The fourth-order valence-corrected chi connectivity index (χ4v) is 2.71. The van der Waals surface area contributed by atoms with Crippen molar-refractivity contribution in [1.82, 2.24) is 0 Å². The van der Waals surface area contributed by atoms with Crippen molar-refractivity contribution >= 4 is 0 Å². The lowest BCUT2D eigenvalue weighted by molar-refractivity contribution is 0.348. The maximum Gasteiger partial charge on any atom is 0.126 e. The van der Waals surface area contributed by atoms with Gasteiger partial charge in [0.25, 0.3) is 0 Å². The highest BCUT2D eigenvalue weighted by atomic mass is 19.1. The van der Waals surface area contributed by atoms with E-state index in [1.165, 1.54) is 18.9 Å². The van der Waals surface area contributed by atoms with Crippen LogP contribution in [0.1, 0.15) is 36.4 Å². The molecule has 2 aliphatic rings. The average molecular weight is 191 g/mol. The Morgan fingerprint density at radius 1 is 1.29 bits per heavy atom. The SMILES string of the molecule is NC1c2cccc(F)c2CCC12CC2. The van der Waals surface area contributed by atoms with Gasteiger partial charge < -0.3 is 5.73 Å². The van der Waals surface area contributed by atoms with E-state index in [0.29, 0.717) is 5.41 Å². The zero-order valence-electron chi connectivity index (χ0n) is 8.09. The zero-order chi connectivity index (χ0) is 9.76. The molecule has 0 aliphatic heterocycles. The van der Waals surface area contributed by atoms with E-state index in [2.05, 4.69) is 0 Å². The molecule has 1 atom stereocenters. The molecule has 2 N–H and O–H groups in total. The topological polar surface area (TPSA) is 26.0 Å². The molecule has 1 unspecified atom stereocenters. The molecular weight excluding hydrogens is 177 g/mol. The summed E-state index contributed by atoms with van der Waals surface area (Å²) in [5, 5.41) is 0. The number of hydrogen-bond donors (Lipinski definition) is 1. The molecule has 1 fully saturated rings. The highest BCUT2D eigenvalue weighted by Crippen LogP contribution is 2.59. The largest absolute Gasteiger partial charge is 0.323 e. The minimum absolute atomic E-state index is 0.0712. The lowest BCUT2D eigenvalue weighted by Crippen LogP contribution is -2.29. The first kappa shape index (κ1) is 8.42. The number of benzene rings is 1. The monoisotopic (exact) mass is 191 g/mol. The maximum absolute atomic E-state index is 13.5. The minimum atomic E-state index is -0.0755. The fourth-order valence-electron chi connectivity index (χ4n) is 2.71. The highest BCUT2D eigenvalue weighted by molar-refractivity contribution is 5.37. The Morgan fingerprint density at radius 2 is 2.07 bits per heavy atom. The molecule has 2 aliphatic carbocycles. The summed E-state index contributed by atoms with van der Waals surface area (Å²) in [4.78, 5) is 0. The molecule has 3 rings (SSSR count). The van der Waals surface area contributed by atoms with E-state index in [-0.39, 0.29) is 11.9 Å². The molecule has 1 nitrogen and oxygen atoms in total. The van der Waals surface area contributed by atoms with Crippen LogP contribution in [0.15, 0.2) is 18.2 Å². The van der Waals surface area contributed by atoms with Gasteiger partial charge in [0, 0.05) is 6.04 Å². The number of rotatable bonds is 0. The summed E-state index contributed by atoms with van der Waals surface area (Å²) < 4.78 is 13.5. The first-order chi connectivity index (χ1) is 6.73. The molecule has 0 heterocycles. The Balaban J connectivity index is 2.11. The summed E-state index contributed by atoms with van der Waals surface area (Å²) in [6.07, 6.45) is 4.39. The van der Waals surface area contributed by atoms with Crippen LogP contribution in [0.2, 0.25) is 0 Å². The van der Waals surface area contributed by atoms with Crippen LogP contribution in [-0.2, 0) is 6.42 Å². The summed E-state index contributed by atoms with van der Waals surface area (Å²) in [6.45, 7) is 0. The smallest absolute Gasteiger partial charge is 0.126 e. The third-order valence-electron chi connectivity index (χ3n) is 3.92. The van der Waals surface area contributed by atoms with Gasteiger partial charge in [-0.05, 0) is 48.3 Å². The van der Waals surface area contributed by atoms with Gasteiger partial charge >= 0.3 is 0 Å². The van der Waals surface area contributed by atoms with Gasteiger partial charge in [-0.25, -0.2) is 4.39 Å². The third kappa shape index (κ3) is 0.976. The second kappa shape index (κ2) is 2.57. The molecule has 1 saturated carbocycles. The molecule has 1 aromatic carbocycles. The Labute approximate surface area is 83.1 Å². The van der Waals surface area contributed by atoms with Crippen LogP contribution in [-0.4, -0.2) is 0 Å². The molecular formula is C12H14FN. The Bertz CT molecular complexity index is 382. The highest BCUT2D eigenvalue weighted by Gasteiger charge is 2.50. The lowest BCUT2D eigenvalue weighted by Gasteiger charge is -2.31. The number of fused-ring (bicyclic) bond motifs is 1. The van der Waals surface area contributed by atoms with Crippen LogP contribution >= 0.6 is 0 Å². The lowest BCUT2D eigenvalue weighted by atomic mass is 9.77. The van der Waals surface area contributed by atoms with Gasteiger partial charge in [-0.1, -0.05) is 12.1 Å². The molecule has 0 bridgehead atoms. The van der Waals surface area contributed by atoms with Crippen molar-refractivity contribution in [2.75, 3.05) is 0 Å². The number of nitrogens with two attached hydrogens (primary N) is 1.